The molecule has 1 N–H and O–H groups in total. The van der Waals surface area contributed by atoms with Gasteiger partial charge in [-0.25, -0.2) is 4.79 Å². The molecule has 1 aromatic rings. The van der Waals surface area contributed by atoms with E-state index in [-0.39, 0.29) is 0 Å². The Kier molecular flexibility index (Phi) is 6.61. The first-order valence-electron chi connectivity index (χ1n) is 5.06. The molecule has 0 fully saturated rings. The highest BCUT2D eigenvalue weighted by Gasteiger charge is 1.93. The summed E-state index contributed by atoms with van der Waals surface area (Å²) in [6.07, 6.45) is 3.40. The molecule has 2 heteroatoms. The Bertz CT molecular complexity index is 372. The SMILES string of the molecule is C=Cc1ccc(C)cc1.CC=C(C)C(=O)O. The minimum absolute atomic E-state index is 0.389. The quantitative estimate of drug-likeness (QED) is 0.769. The number of allylic oxidation sites excluding steroid dienone is 1. The molecule has 0 heterocycles. The molecule has 0 atom stereocenters. The van der Waals surface area contributed by atoms with Crippen LogP contribution < -0.4 is 0 Å². The van der Waals surface area contributed by atoms with Crippen LogP contribution in [0.25, 0.3) is 6.08 Å². The predicted molar refractivity (Wildman–Crippen MR) is 68.3 cm³/mol. The fraction of sp³-hybridized carbons (Fsp3) is 0.214. The maximum Gasteiger partial charge on any atom is 0.330 e. The van der Waals surface area contributed by atoms with Crippen molar-refractivity contribution in [2.45, 2.75) is 20.8 Å². The lowest BCUT2D eigenvalue weighted by molar-refractivity contribution is -0.132. The number of carboxylic acid groups (broad SMARTS) is 1. The summed E-state index contributed by atoms with van der Waals surface area (Å²) in [6.45, 7) is 8.99. The lowest BCUT2D eigenvalue weighted by Gasteiger charge is -1.91. The number of benzene rings is 1. The summed E-state index contributed by atoms with van der Waals surface area (Å²) in [4.78, 5) is 9.86. The van der Waals surface area contributed by atoms with Crippen LogP contribution in [-0.2, 0) is 4.79 Å². The van der Waals surface area contributed by atoms with Crippen LogP contribution in [-0.4, -0.2) is 11.1 Å². The van der Waals surface area contributed by atoms with Crippen molar-refractivity contribution in [1.82, 2.24) is 0 Å². The second kappa shape index (κ2) is 7.46. The molecule has 16 heavy (non-hydrogen) atoms. The molecule has 0 bridgehead atoms. The minimum atomic E-state index is -0.845. The van der Waals surface area contributed by atoms with Gasteiger partial charge >= 0.3 is 5.97 Å². The fourth-order valence-electron chi connectivity index (χ4n) is 0.826. The van der Waals surface area contributed by atoms with Crippen molar-refractivity contribution in [3.05, 3.63) is 53.6 Å². The number of aryl methyl sites for hydroxylation is 1. The molecule has 0 unspecified atom stereocenters. The van der Waals surface area contributed by atoms with E-state index in [2.05, 4.69) is 37.8 Å². The number of carbonyl (C=O) groups is 1. The van der Waals surface area contributed by atoms with Gasteiger partial charge < -0.3 is 5.11 Å². The minimum Gasteiger partial charge on any atom is -0.478 e. The third-order valence-corrected chi connectivity index (χ3v) is 2.08. The van der Waals surface area contributed by atoms with Crippen molar-refractivity contribution in [2.24, 2.45) is 0 Å². The maximum atomic E-state index is 9.86. The zero-order valence-electron chi connectivity index (χ0n) is 10.0. The van der Waals surface area contributed by atoms with Crippen LogP contribution in [0.3, 0.4) is 0 Å². The molecule has 86 valence electrons. The van der Waals surface area contributed by atoms with Gasteiger partial charge in [-0.05, 0) is 26.3 Å². The van der Waals surface area contributed by atoms with Crippen molar-refractivity contribution >= 4 is 12.0 Å². The van der Waals surface area contributed by atoms with Crippen molar-refractivity contribution in [1.29, 1.82) is 0 Å². The van der Waals surface area contributed by atoms with Gasteiger partial charge in [0, 0.05) is 5.57 Å². The first-order valence-corrected chi connectivity index (χ1v) is 5.06. The van der Waals surface area contributed by atoms with E-state index in [1.807, 2.05) is 6.08 Å². The third kappa shape index (κ3) is 5.81. The second-order valence-corrected chi connectivity index (χ2v) is 3.39. The van der Waals surface area contributed by atoms with Crippen molar-refractivity contribution < 1.29 is 9.90 Å². The molecule has 0 saturated heterocycles. The Morgan fingerprint density at radius 3 is 2.06 bits per heavy atom. The first kappa shape index (κ1) is 14.2. The van der Waals surface area contributed by atoms with Crippen LogP contribution in [0.5, 0.6) is 0 Å². The molecule has 0 aliphatic heterocycles. The van der Waals surface area contributed by atoms with Gasteiger partial charge in [0.15, 0.2) is 0 Å². The van der Waals surface area contributed by atoms with Gasteiger partial charge in [0.25, 0.3) is 0 Å². The number of aliphatic carboxylic acids is 1. The average Bonchev–Trinajstić information content (AvgIpc) is 2.29. The van der Waals surface area contributed by atoms with Crippen molar-refractivity contribution in [3.63, 3.8) is 0 Å². The van der Waals surface area contributed by atoms with E-state index in [1.54, 1.807) is 19.9 Å². The maximum absolute atomic E-state index is 9.86. The number of hydrogen-bond acceptors (Lipinski definition) is 1. The standard InChI is InChI=1S/C9H10.C5H8O2/c1-3-9-6-4-8(2)5-7-9;1-3-4(2)5(6)7/h3-7H,1H2,2H3;3H,1-2H3,(H,6,7). The van der Waals surface area contributed by atoms with E-state index in [0.717, 1.165) is 0 Å². The highest BCUT2D eigenvalue weighted by atomic mass is 16.4. The van der Waals surface area contributed by atoms with Crippen molar-refractivity contribution in [2.75, 3.05) is 0 Å². The summed E-state index contributed by atoms with van der Waals surface area (Å²) in [5.74, 6) is -0.845. The zero-order chi connectivity index (χ0) is 12.6. The van der Waals surface area contributed by atoms with Gasteiger partial charge in [-0.2, -0.15) is 0 Å². The van der Waals surface area contributed by atoms with E-state index < -0.39 is 5.97 Å². The van der Waals surface area contributed by atoms with Gasteiger partial charge in [0.1, 0.15) is 0 Å². The predicted octanol–water partition coefficient (Wildman–Crippen LogP) is 3.68. The lowest BCUT2D eigenvalue weighted by atomic mass is 10.2. The van der Waals surface area contributed by atoms with Crippen LogP contribution in [0.4, 0.5) is 0 Å². The molecule has 2 nitrogen and oxygen atoms in total. The summed E-state index contributed by atoms with van der Waals surface area (Å²) in [5.41, 5.74) is 2.86. The van der Waals surface area contributed by atoms with E-state index in [4.69, 9.17) is 5.11 Å². The van der Waals surface area contributed by atoms with Crippen LogP contribution in [0.15, 0.2) is 42.5 Å². The Morgan fingerprint density at radius 2 is 1.81 bits per heavy atom. The fourth-order valence-corrected chi connectivity index (χ4v) is 0.826. The highest BCUT2D eigenvalue weighted by molar-refractivity contribution is 5.85. The Labute approximate surface area is 96.9 Å². The molecular formula is C14H18O2. The molecule has 1 rings (SSSR count). The summed E-state index contributed by atoms with van der Waals surface area (Å²) >= 11 is 0. The van der Waals surface area contributed by atoms with E-state index in [0.29, 0.717) is 5.57 Å². The highest BCUT2D eigenvalue weighted by Crippen LogP contribution is 2.02. The van der Waals surface area contributed by atoms with Gasteiger partial charge in [0.05, 0.1) is 0 Å². The van der Waals surface area contributed by atoms with E-state index in [1.165, 1.54) is 11.1 Å². The van der Waals surface area contributed by atoms with Crippen LogP contribution >= 0.6 is 0 Å². The molecule has 0 aliphatic rings. The molecule has 0 amide bonds. The third-order valence-electron chi connectivity index (χ3n) is 2.08. The lowest BCUT2D eigenvalue weighted by Crippen LogP contribution is -1.93. The molecule has 0 aliphatic carbocycles. The van der Waals surface area contributed by atoms with Crippen molar-refractivity contribution in [3.8, 4) is 0 Å². The number of rotatable bonds is 2. The molecule has 1 aromatic carbocycles. The van der Waals surface area contributed by atoms with Crippen LogP contribution in [0.2, 0.25) is 0 Å². The molecule has 0 spiro atoms. The largest absolute Gasteiger partial charge is 0.478 e. The average molecular weight is 218 g/mol. The van der Waals surface area contributed by atoms with Crippen LogP contribution in [0, 0.1) is 6.92 Å². The molecule has 0 saturated carbocycles. The number of carboxylic acids is 1. The van der Waals surface area contributed by atoms with Crippen LogP contribution in [0.1, 0.15) is 25.0 Å². The summed E-state index contributed by atoms with van der Waals surface area (Å²) in [5, 5.41) is 8.11. The normalized spacial score (nSPS) is 10.1. The first-order chi connectivity index (χ1) is 7.51. The monoisotopic (exact) mass is 218 g/mol. The smallest absolute Gasteiger partial charge is 0.330 e. The number of hydrogen-bond donors (Lipinski definition) is 1. The summed E-state index contributed by atoms with van der Waals surface area (Å²) in [7, 11) is 0. The molecule has 0 radical (unpaired) electrons. The molecule has 0 aromatic heterocycles. The summed E-state index contributed by atoms with van der Waals surface area (Å²) in [6, 6.07) is 8.28. The Morgan fingerprint density at radius 1 is 1.31 bits per heavy atom. The molecular weight excluding hydrogens is 200 g/mol. The summed E-state index contributed by atoms with van der Waals surface area (Å²) < 4.78 is 0. The van der Waals surface area contributed by atoms with Gasteiger partial charge in [-0.15, -0.1) is 0 Å². The van der Waals surface area contributed by atoms with Gasteiger partial charge in [-0.3, -0.25) is 0 Å². The van der Waals surface area contributed by atoms with Gasteiger partial charge in [-0.1, -0.05) is 48.6 Å². The Hall–Kier alpha value is -1.83. The zero-order valence-corrected chi connectivity index (χ0v) is 10.0. The van der Waals surface area contributed by atoms with E-state index in [9.17, 15) is 4.79 Å². The van der Waals surface area contributed by atoms with E-state index >= 15 is 0 Å². The Balaban J connectivity index is 0.000000293. The van der Waals surface area contributed by atoms with Gasteiger partial charge in [0.2, 0.25) is 0 Å². The second-order valence-electron chi connectivity index (χ2n) is 3.39. The topological polar surface area (TPSA) is 37.3 Å².